The van der Waals surface area contributed by atoms with Crippen molar-refractivity contribution in [2.45, 2.75) is 37.4 Å². The van der Waals surface area contributed by atoms with Crippen LogP contribution >= 0.6 is 35.3 Å². The highest BCUT2D eigenvalue weighted by atomic mass is 32.2. The lowest BCUT2D eigenvalue weighted by molar-refractivity contribution is -0.170. The Labute approximate surface area is 232 Å². The molecule has 0 heterocycles. The van der Waals surface area contributed by atoms with E-state index in [4.69, 9.17) is 36.1 Å². The Kier molecular flexibility index (Phi) is 19.7. The van der Waals surface area contributed by atoms with Gasteiger partial charge in [-0.25, -0.2) is 4.79 Å². The third-order valence-corrected chi connectivity index (χ3v) is 6.99. The standard InChI is InChI=1S/C23H41N3O8S3/c1-5-19(27)31-12-23(13-32-20(28)16(24)6-9-35-2,14-33-21(29)17(25)7-10-36-3)15-34-22(30)18(26)8-11-37-4/h5,16-18H,1,6-15,24-26H2,2-4H3/t16-,17-,18-/m0/s1. The van der Waals surface area contributed by atoms with Crippen LogP contribution in [0.4, 0.5) is 0 Å². The minimum Gasteiger partial charge on any atom is -0.464 e. The zero-order valence-corrected chi connectivity index (χ0v) is 24.3. The van der Waals surface area contributed by atoms with Crippen LogP contribution in [0.15, 0.2) is 12.7 Å². The Hall–Kier alpha value is -1.45. The Morgan fingerprint density at radius 2 is 0.973 bits per heavy atom. The maximum absolute atomic E-state index is 12.5. The average Bonchev–Trinajstić information content (AvgIpc) is 2.91. The van der Waals surface area contributed by atoms with E-state index in [0.29, 0.717) is 36.5 Å². The average molecular weight is 584 g/mol. The number of hydrogen-bond acceptors (Lipinski definition) is 14. The van der Waals surface area contributed by atoms with E-state index in [1.54, 1.807) is 0 Å². The first-order valence-electron chi connectivity index (χ1n) is 11.6. The number of hydrogen-bond donors (Lipinski definition) is 3. The van der Waals surface area contributed by atoms with Crippen molar-refractivity contribution in [3.8, 4) is 0 Å². The van der Waals surface area contributed by atoms with Gasteiger partial charge in [-0.15, -0.1) is 0 Å². The minimum absolute atomic E-state index is 0.386. The number of carbonyl (C=O) groups excluding carboxylic acids is 4. The van der Waals surface area contributed by atoms with E-state index in [2.05, 4.69) is 6.58 Å². The van der Waals surface area contributed by atoms with Crippen molar-refractivity contribution in [1.82, 2.24) is 0 Å². The predicted octanol–water partition coefficient (Wildman–Crippen LogP) is 0.573. The molecule has 6 N–H and O–H groups in total. The molecule has 0 amide bonds. The van der Waals surface area contributed by atoms with Gasteiger partial charge in [-0.3, -0.25) is 14.4 Å². The predicted molar refractivity (Wildman–Crippen MR) is 149 cm³/mol. The highest BCUT2D eigenvalue weighted by molar-refractivity contribution is 7.98. The molecule has 0 aliphatic rings. The summed E-state index contributed by atoms with van der Waals surface area (Å²) in [4.78, 5) is 49.3. The minimum atomic E-state index is -1.43. The molecule has 0 aromatic carbocycles. The molecule has 0 aromatic rings. The number of ether oxygens (including phenoxy) is 4. The Balaban J connectivity index is 5.74. The molecule has 11 nitrogen and oxygen atoms in total. The maximum atomic E-state index is 12.5. The molecule has 0 rings (SSSR count). The zero-order chi connectivity index (χ0) is 28.3. The van der Waals surface area contributed by atoms with E-state index in [1.165, 1.54) is 35.3 Å². The third-order valence-electron chi connectivity index (χ3n) is 5.06. The van der Waals surface area contributed by atoms with Crippen LogP contribution in [0.25, 0.3) is 0 Å². The van der Waals surface area contributed by atoms with Crippen molar-refractivity contribution >= 4 is 59.2 Å². The summed E-state index contributed by atoms with van der Waals surface area (Å²) in [6.07, 6.45) is 7.75. The van der Waals surface area contributed by atoms with Crippen LogP contribution in [0, 0.1) is 5.41 Å². The molecule has 0 aromatic heterocycles. The molecule has 14 heteroatoms. The van der Waals surface area contributed by atoms with Crippen molar-refractivity contribution in [3.05, 3.63) is 12.7 Å². The number of esters is 4. The van der Waals surface area contributed by atoms with Crippen LogP contribution in [-0.2, 0) is 38.1 Å². The molecule has 0 spiro atoms. The summed E-state index contributed by atoms with van der Waals surface area (Å²) >= 11 is 4.58. The summed E-state index contributed by atoms with van der Waals surface area (Å²) < 4.78 is 21.4. The molecule has 0 aliphatic heterocycles. The number of rotatable bonds is 21. The molecular weight excluding hydrogens is 542 g/mol. The largest absolute Gasteiger partial charge is 0.464 e. The van der Waals surface area contributed by atoms with Gasteiger partial charge in [-0.05, 0) is 55.3 Å². The second-order valence-corrected chi connectivity index (χ2v) is 11.3. The molecule has 0 aliphatic carbocycles. The highest BCUT2D eigenvalue weighted by Gasteiger charge is 2.39. The summed E-state index contributed by atoms with van der Waals surface area (Å²) in [5.74, 6) is -0.905. The quantitative estimate of drug-likeness (QED) is 0.0968. The van der Waals surface area contributed by atoms with Crippen molar-refractivity contribution in [1.29, 1.82) is 0 Å². The van der Waals surface area contributed by atoms with Crippen LogP contribution in [0.3, 0.4) is 0 Å². The van der Waals surface area contributed by atoms with Crippen LogP contribution < -0.4 is 17.2 Å². The Bertz CT molecular complexity index is 655. The van der Waals surface area contributed by atoms with Gasteiger partial charge < -0.3 is 36.1 Å². The second kappa shape index (κ2) is 20.5. The molecule has 0 bridgehead atoms. The van der Waals surface area contributed by atoms with E-state index in [-0.39, 0.29) is 0 Å². The van der Waals surface area contributed by atoms with Gasteiger partial charge in [0.25, 0.3) is 0 Å². The molecular formula is C23H41N3O8S3. The lowest BCUT2D eigenvalue weighted by atomic mass is 9.92. The number of thioether (sulfide) groups is 3. The van der Waals surface area contributed by atoms with Gasteiger partial charge in [-0.1, -0.05) is 6.58 Å². The lowest BCUT2D eigenvalue weighted by Gasteiger charge is -2.32. The fourth-order valence-corrected chi connectivity index (χ4v) is 4.08. The Morgan fingerprint density at radius 3 is 1.24 bits per heavy atom. The fraction of sp³-hybridized carbons (Fsp3) is 0.739. The smallest absolute Gasteiger partial charge is 0.330 e. The summed E-state index contributed by atoms with van der Waals surface area (Å²) in [6.45, 7) is 1.70. The molecule has 0 radical (unpaired) electrons. The molecule has 0 unspecified atom stereocenters. The van der Waals surface area contributed by atoms with Gasteiger partial charge in [0.15, 0.2) is 0 Å². The molecule has 37 heavy (non-hydrogen) atoms. The summed E-state index contributed by atoms with van der Waals surface area (Å²) in [5.41, 5.74) is 16.3. The summed E-state index contributed by atoms with van der Waals surface area (Å²) in [6, 6.07) is -2.65. The normalized spacial score (nSPS) is 13.7. The number of carbonyl (C=O) groups is 4. The molecule has 214 valence electrons. The SMILES string of the molecule is C=CC(=O)OCC(COC(=O)[C@@H](N)CCSC)(COC(=O)[C@@H](N)CCSC)COC(=O)[C@@H](N)CCSC. The van der Waals surface area contributed by atoms with Gasteiger partial charge >= 0.3 is 23.9 Å². The fourth-order valence-electron chi connectivity index (χ4n) is 2.61. The maximum Gasteiger partial charge on any atom is 0.330 e. The topological polar surface area (TPSA) is 183 Å². The molecule has 3 atom stereocenters. The number of nitrogens with two attached hydrogens (primary N) is 3. The highest BCUT2D eigenvalue weighted by Crippen LogP contribution is 2.23. The van der Waals surface area contributed by atoms with E-state index >= 15 is 0 Å². The molecule has 0 saturated carbocycles. The van der Waals surface area contributed by atoms with Crippen molar-refractivity contribution in [2.24, 2.45) is 22.6 Å². The van der Waals surface area contributed by atoms with Crippen molar-refractivity contribution in [2.75, 3.05) is 62.5 Å². The van der Waals surface area contributed by atoms with Gasteiger partial charge in [-0.2, -0.15) is 35.3 Å². The van der Waals surface area contributed by atoms with Gasteiger partial charge in [0.1, 0.15) is 50.0 Å². The second-order valence-electron chi connectivity index (χ2n) is 8.30. The molecule has 0 saturated heterocycles. The summed E-state index contributed by atoms with van der Waals surface area (Å²) in [7, 11) is 0. The Morgan fingerprint density at radius 1 is 0.676 bits per heavy atom. The van der Waals surface area contributed by atoms with E-state index in [1.807, 2.05) is 18.8 Å². The van der Waals surface area contributed by atoms with Gasteiger partial charge in [0, 0.05) is 6.08 Å². The van der Waals surface area contributed by atoms with E-state index in [9.17, 15) is 19.2 Å². The van der Waals surface area contributed by atoms with E-state index < -0.39 is 73.8 Å². The lowest BCUT2D eigenvalue weighted by Crippen LogP contribution is -2.47. The zero-order valence-electron chi connectivity index (χ0n) is 21.8. The van der Waals surface area contributed by atoms with Gasteiger partial charge in [0.05, 0.1) is 0 Å². The van der Waals surface area contributed by atoms with Crippen LogP contribution in [-0.4, -0.2) is 104 Å². The molecule has 0 fully saturated rings. The van der Waals surface area contributed by atoms with Crippen LogP contribution in [0.5, 0.6) is 0 Å². The van der Waals surface area contributed by atoms with Gasteiger partial charge in [0.2, 0.25) is 0 Å². The van der Waals surface area contributed by atoms with Crippen molar-refractivity contribution < 1.29 is 38.1 Å². The van der Waals surface area contributed by atoms with Crippen molar-refractivity contribution in [3.63, 3.8) is 0 Å². The summed E-state index contributed by atoms with van der Waals surface area (Å²) in [5, 5.41) is 0. The first-order chi connectivity index (χ1) is 17.6. The first-order valence-corrected chi connectivity index (χ1v) is 15.8. The van der Waals surface area contributed by atoms with Crippen LogP contribution in [0.1, 0.15) is 19.3 Å². The monoisotopic (exact) mass is 583 g/mol. The third kappa shape index (κ3) is 15.5. The van der Waals surface area contributed by atoms with E-state index in [0.717, 1.165) is 6.08 Å². The first kappa shape index (κ1) is 35.5. The van der Waals surface area contributed by atoms with Crippen LogP contribution in [0.2, 0.25) is 0 Å².